The van der Waals surface area contributed by atoms with Crippen LogP contribution in [0.2, 0.25) is 0 Å². The maximum absolute atomic E-state index is 10.7. The first-order chi connectivity index (χ1) is 10.2. The van der Waals surface area contributed by atoms with E-state index in [1.165, 1.54) is 18.4 Å². The van der Waals surface area contributed by atoms with Crippen molar-refractivity contribution in [2.45, 2.75) is 51.5 Å². The largest absolute Gasteiger partial charge is 0.481 e. The van der Waals surface area contributed by atoms with Crippen molar-refractivity contribution in [1.82, 2.24) is 4.90 Å². The van der Waals surface area contributed by atoms with Crippen molar-refractivity contribution in [1.29, 1.82) is 0 Å². The Hall–Kier alpha value is -1.35. The summed E-state index contributed by atoms with van der Waals surface area (Å²) in [5.41, 5.74) is 1.42. The van der Waals surface area contributed by atoms with E-state index in [9.17, 15) is 4.79 Å². The summed E-state index contributed by atoms with van der Waals surface area (Å²) in [5.74, 6) is -0.0685. The first kappa shape index (κ1) is 16.0. The van der Waals surface area contributed by atoms with Gasteiger partial charge < -0.3 is 5.11 Å². The molecule has 0 saturated carbocycles. The Kier molecular flexibility index (Phi) is 6.24. The number of carboxylic acids is 1. The molecule has 0 amide bonds. The van der Waals surface area contributed by atoms with Gasteiger partial charge in [0, 0.05) is 12.5 Å². The van der Waals surface area contributed by atoms with Crippen LogP contribution in [0.5, 0.6) is 0 Å². The second-order valence-corrected chi connectivity index (χ2v) is 6.13. The van der Waals surface area contributed by atoms with Gasteiger partial charge >= 0.3 is 5.97 Å². The maximum atomic E-state index is 10.7. The summed E-state index contributed by atoms with van der Waals surface area (Å²) in [5, 5.41) is 8.79. The van der Waals surface area contributed by atoms with Crippen molar-refractivity contribution in [3.05, 3.63) is 35.9 Å². The molecule has 1 aliphatic heterocycles. The molecule has 3 heteroatoms. The Morgan fingerprint density at radius 2 is 1.95 bits per heavy atom. The highest BCUT2D eigenvalue weighted by Crippen LogP contribution is 2.31. The molecule has 1 saturated heterocycles. The summed E-state index contributed by atoms with van der Waals surface area (Å²) in [6, 6.07) is 11.3. The van der Waals surface area contributed by atoms with Gasteiger partial charge in [-0.3, -0.25) is 9.69 Å². The predicted octanol–water partition coefficient (Wildman–Crippen LogP) is 4.10. The van der Waals surface area contributed by atoms with Crippen molar-refractivity contribution < 1.29 is 9.90 Å². The molecule has 1 heterocycles. The molecule has 1 aromatic carbocycles. The molecule has 1 aliphatic rings. The summed E-state index contributed by atoms with van der Waals surface area (Å²) < 4.78 is 0. The van der Waals surface area contributed by atoms with Gasteiger partial charge in [-0.25, -0.2) is 0 Å². The average molecular weight is 289 g/mol. The summed E-state index contributed by atoms with van der Waals surface area (Å²) in [7, 11) is 0. The number of carbonyl (C=O) groups is 1. The van der Waals surface area contributed by atoms with Crippen LogP contribution in [-0.2, 0) is 4.79 Å². The number of likely N-dealkylation sites (tertiary alicyclic amines) is 1. The average Bonchev–Trinajstić information content (AvgIpc) is 2.52. The highest BCUT2D eigenvalue weighted by molar-refractivity contribution is 5.66. The summed E-state index contributed by atoms with van der Waals surface area (Å²) in [4.78, 5) is 13.3. The minimum Gasteiger partial charge on any atom is -0.481 e. The lowest BCUT2D eigenvalue weighted by Gasteiger charge is -2.38. The van der Waals surface area contributed by atoms with Crippen molar-refractivity contribution >= 4 is 5.97 Å². The quantitative estimate of drug-likeness (QED) is 0.821. The number of aliphatic carboxylic acids is 1. The molecule has 3 nitrogen and oxygen atoms in total. The molecular weight excluding hydrogens is 262 g/mol. The van der Waals surface area contributed by atoms with Gasteiger partial charge in [0.25, 0.3) is 0 Å². The lowest BCUT2D eigenvalue weighted by molar-refractivity contribution is -0.137. The van der Waals surface area contributed by atoms with E-state index in [0.717, 1.165) is 32.4 Å². The van der Waals surface area contributed by atoms with E-state index in [1.54, 1.807) is 0 Å². The number of carboxylic acid groups (broad SMARTS) is 1. The monoisotopic (exact) mass is 289 g/mol. The topological polar surface area (TPSA) is 40.5 Å². The van der Waals surface area contributed by atoms with E-state index in [1.807, 2.05) is 0 Å². The SMILES string of the molecule is CCCC(c1ccccc1)N1CCC(CCC(=O)O)CC1. The number of piperidine rings is 1. The van der Waals surface area contributed by atoms with E-state index in [0.29, 0.717) is 18.4 Å². The number of benzene rings is 1. The second-order valence-electron chi connectivity index (χ2n) is 6.13. The van der Waals surface area contributed by atoms with E-state index in [2.05, 4.69) is 42.2 Å². The molecule has 2 rings (SSSR count). The van der Waals surface area contributed by atoms with Gasteiger partial charge in [-0.2, -0.15) is 0 Å². The Labute approximate surface area is 128 Å². The van der Waals surface area contributed by atoms with Crippen molar-refractivity contribution in [2.75, 3.05) is 13.1 Å². The van der Waals surface area contributed by atoms with E-state index < -0.39 is 5.97 Å². The molecule has 0 spiro atoms. The van der Waals surface area contributed by atoms with Crippen molar-refractivity contribution in [3.8, 4) is 0 Å². The number of hydrogen-bond acceptors (Lipinski definition) is 2. The van der Waals surface area contributed by atoms with E-state index in [-0.39, 0.29) is 0 Å². The van der Waals surface area contributed by atoms with Gasteiger partial charge in [-0.05, 0) is 50.3 Å². The Bertz CT molecular complexity index is 424. The van der Waals surface area contributed by atoms with Crippen LogP contribution in [0.15, 0.2) is 30.3 Å². The lowest BCUT2D eigenvalue weighted by Crippen LogP contribution is -2.37. The Morgan fingerprint density at radius 3 is 2.52 bits per heavy atom. The summed E-state index contributed by atoms with van der Waals surface area (Å²) >= 11 is 0. The zero-order valence-corrected chi connectivity index (χ0v) is 13.0. The van der Waals surface area contributed by atoms with Crippen LogP contribution >= 0.6 is 0 Å². The van der Waals surface area contributed by atoms with Crippen LogP contribution in [0.25, 0.3) is 0 Å². The highest BCUT2D eigenvalue weighted by atomic mass is 16.4. The van der Waals surface area contributed by atoms with Gasteiger partial charge in [0.15, 0.2) is 0 Å². The molecule has 1 aromatic rings. The molecule has 116 valence electrons. The Balaban J connectivity index is 1.90. The normalized spacial score (nSPS) is 18.5. The van der Waals surface area contributed by atoms with Crippen molar-refractivity contribution in [2.24, 2.45) is 5.92 Å². The first-order valence-corrected chi connectivity index (χ1v) is 8.21. The van der Waals surface area contributed by atoms with Crippen LogP contribution < -0.4 is 0 Å². The maximum Gasteiger partial charge on any atom is 0.303 e. The molecular formula is C18H27NO2. The number of rotatable bonds is 7. The van der Waals surface area contributed by atoms with Crippen molar-refractivity contribution in [3.63, 3.8) is 0 Å². The number of hydrogen-bond donors (Lipinski definition) is 1. The third-order valence-corrected chi connectivity index (χ3v) is 4.60. The third kappa shape index (κ3) is 4.85. The van der Waals surface area contributed by atoms with Crippen LogP contribution in [0, 0.1) is 5.92 Å². The molecule has 0 aliphatic carbocycles. The molecule has 0 bridgehead atoms. The minimum atomic E-state index is -0.662. The smallest absolute Gasteiger partial charge is 0.303 e. The zero-order valence-electron chi connectivity index (χ0n) is 13.0. The second kappa shape index (κ2) is 8.18. The van der Waals surface area contributed by atoms with E-state index in [4.69, 9.17) is 5.11 Å². The van der Waals surface area contributed by atoms with Gasteiger partial charge in [0.2, 0.25) is 0 Å². The van der Waals surface area contributed by atoms with Crippen LogP contribution in [-0.4, -0.2) is 29.1 Å². The molecule has 21 heavy (non-hydrogen) atoms. The van der Waals surface area contributed by atoms with Crippen LogP contribution in [0.3, 0.4) is 0 Å². The van der Waals surface area contributed by atoms with Crippen LogP contribution in [0.1, 0.15) is 57.1 Å². The fourth-order valence-corrected chi connectivity index (χ4v) is 3.39. The zero-order chi connectivity index (χ0) is 15.1. The fraction of sp³-hybridized carbons (Fsp3) is 0.611. The molecule has 1 atom stereocenters. The standard InChI is InChI=1S/C18H27NO2/c1-2-6-17(16-7-4-3-5-8-16)19-13-11-15(12-14-19)9-10-18(20)21/h3-5,7-8,15,17H,2,6,9-14H2,1H3,(H,20,21). The fourth-order valence-electron chi connectivity index (χ4n) is 3.39. The third-order valence-electron chi connectivity index (χ3n) is 4.60. The molecule has 1 N–H and O–H groups in total. The summed E-state index contributed by atoms with van der Waals surface area (Å²) in [6.45, 7) is 4.45. The van der Waals surface area contributed by atoms with Crippen LogP contribution in [0.4, 0.5) is 0 Å². The minimum absolute atomic E-state index is 0.321. The van der Waals surface area contributed by atoms with E-state index >= 15 is 0 Å². The van der Waals surface area contributed by atoms with Gasteiger partial charge in [0.05, 0.1) is 0 Å². The first-order valence-electron chi connectivity index (χ1n) is 8.21. The van der Waals surface area contributed by atoms with Gasteiger partial charge in [-0.1, -0.05) is 43.7 Å². The number of nitrogens with zero attached hydrogens (tertiary/aromatic N) is 1. The molecule has 0 aromatic heterocycles. The van der Waals surface area contributed by atoms with Gasteiger partial charge in [-0.15, -0.1) is 0 Å². The predicted molar refractivity (Wildman–Crippen MR) is 85.3 cm³/mol. The lowest BCUT2D eigenvalue weighted by atomic mass is 9.90. The Morgan fingerprint density at radius 1 is 1.29 bits per heavy atom. The molecule has 1 unspecified atom stereocenters. The highest BCUT2D eigenvalue weighted by Gasteiger charge is 2.25. The molecule has 1 fully saturated rings. The summed E-state index contributed by atoms with van der Waals surface area (Å²) in [6.07, 6.45) is 5.83. The molecule has 0 radical (unpaired) electrons. The van der Waals surface area contributed by atoms with Gasteiger partial charge in [0.1, 0.15) is 0 Å².